The van der Waals surface area contributed by atoms with Gasteiger partial charge in [-0.3, -0.25) is 0 Å². The number of imidazole rings is 1. The number of likely N-dealkylation sites (tertiary alicyclic amines) is 1. The third kappa shape index (κ3) is 2.08. The summed E-state index contributed by atoms with van der Waals surface area (Å²) in [7, 11) is 0. The fourth-order valence-corrected chi connectivity index (χ4v) is 3.33. The highest BCUT2D eigenvalue weighted by molar-refractivity contribution is 5.14. The van der Waals surface area contributed by atoms with Crippen molar-refractivity contribution in [3.05, 3.63) is 17.7 Å². The van der Waals surface area contributed by atoms with Crippen LogP contribution in [0.2, 0.25) is 0 Å². The number of nitrogens with zero attached hydrogens (tertiary/aromatic N) is 3. The van der Waals surface area contributed by atoms with Gasteiger partial charge in [0.05, 0.1) is 18.3 Å². The molecular weight excluding hydrogens is 226 g/mol. The average Bonchev–Trinajstić information content (AvgIpc) is 3.03. The smallest absolute Gasteiger partial charge is 0.109 e. The molecule has 2 atom stereocenters. The summed E-state index contributed by atoms with van der Waals surface area (Å²) in [5.74, 6) is 1.78. The molecule has 4 nitrogen and oxygen atoms in total. The van der Waals surface area contributed by atoms with Crippen molar-refractivity contribution < 1.29 is 5.11 Å². The van der Waals surface area contributed by atoms with E-state index < -0.39 is 0 Å². The maximum Gasteiger partial charge on any atom is 0.109 e. The highest BCUT2D eigenvalue weighted by atomic mass is 16.3. The van der Waals surface area contributed by atoms with Gasteiger partial charge in [-0.05, 0) is 32.4 Å². The van der Waals surface area contributed by atoms with Crippen LogP contribution in [0.4, 0.5) is 0 Å². The molecule has 100 valence electrons. The van der Waals surface area contributed by atoms with Crippen LogP contribution in [0.25, 0.3) is 0 Å². The van der Waals surface area contributed by atoms with E-state index in [0.29, 0.717) is 5.92 Å². The molecule has 1 fully saturated rings. The number of hydrogen-bond donors (Lipinski definition) is 1. The molecule has 2 unspecified atom stereocenters. The van der Waals surface area contributed by atoms with Gasteiger partial charge in [0.1, 0.15) is 5.82 Å². The van der Waals surface area contributed by atoms with Gasteiger partial charge in [0.25, 0.3) is 0 Å². The standard InChI is InChI=1S/C14H23N3O/c1-2-16-7-6-11(8-16)13-9-17-12(10-18)4-3-5-14(17)15-13/h9,11-12,18H,2-8,10H2,1H3. The molecule has 1 N–H and O–H groups in total. The second-order valence-electron chi connectivity index (χ2n) is 5.60. The Bertz CT molecular complexity index is 415. The van der Waals surface area contributed by atoms with E-state index in [1.54, 1.807) is 0 Å². The summed E-state index contributed by atoms with van der Waals surface area (Å²) in [6.45, 7) is 5.96. The molecule has 0 amide bonds. The molecule has 0 bridgehead atoms. The van der Waals surface area contributed by atoms with Gasteiger partial charge in [-0.2, -0.15) is 0 Å². The van der Waals surface area contributed by atoms with Gasteiger partial charge in [0, 0.05) is 25.1 Å². The Morgan fingerprint density at radius 1 is 1.44 bits per heavy atom. The quantitative estimate of drug-likeness (QED) is 0.884. The van der Waals surface area contributed by atoms with E-state index in [-0.39, 0.29) is 12.6 Å². The maximum absolute atomic E-state index is 9.44. The Labute approximate surface area is 109 Å². The molecule has 4 heteroatoms. The van der Waals surface area contributed by atoms with Gasteiger partial charge in [-0.25, -0.2) is 4.98 Å². The first kappa shape index (κ1) is 12.2. The number of rotatable bonds is 3. The molecule has 1 saturated heterocycles. The summed E-state index contributed by atoms with van der Waals surface area (Å²) in [6, 6.07) is 0.263. The van der Waals surface area contributed by atoms with E-state index in [2.05, 4.69) is 22.6 Å². The average molecular weight is 249 g/mol. The second kappa shape index (κ2) is 5.02. The third-order valence-electron chi connectivity index (χ3n) is 4.51. The lowest BCUT2D eigenvalue weighted by atomic mass is 10.1. The largest absolute Gasteiger partial charge is 0.394 e. The SMILES string of the molecule is CCN1CCC(c2cn3c(n2)CCCC3CO)C1. The Morgan fingerprint density at radius 3 is 3.06 bits per heavy atom. The van der Waals surface area contributed by atoms with E-state index in [4.69, 9.17) is 4.98 Å². The fourth-order valence-electron chi connectivity index (χ4n) is 3.33. The minimum atomic E-state index is 0.245. The van der Waals surface area contributed by atoms with Gasteiger partial charge in [-0.15, -0.1) is 0 Å². The van der Waals surface area contributed by atoms with Crippen LogP contribution in [-0.2, 0) is 6.42 Å². The van der Waals surface area contributed by atoms with Crippen LogP contribution < -0.4 is 0 Å². The zero-order valence-corrected chi connectivity index (χ0v) is 11.2. The molecule has 2 aliphatic rings. The topological polar surface area (TPSA) is 41.3 Å². The Hall–Kier alpha value is -0.870. The van der Waals surface area contributed by atoms with Crippen LogP contribution in [-0.4, -0.2) is 45.8 Å². The van der Waals surface area contributed by atoms with Crippen LogP contribution in [0.1, 0.15) is 49.7 Å². The maximum atomic E-state index is 9.44. The van der Waals surface area contributed by atoms with E-state index in [1.807, 2.05) is 0 Å². The first-order chi connectivity index (χ1) is 8.81. The number of aromatic nitrogens is 2. The Kier molecular flexibility index (Phi) is 3.39. The molecule has 0 aliphatic carbocycles. The van der Waals surface area contributed by atoms with Crippen LogP contribution in [0.3, 0.4) is 0 Å². The van der Waals surface area contributed by atoms with Gasteiger partial charge in [0.2, 0.25) is 0 Å². The number of aliphatic hydroxyl groups excluding tert-OH is 1. The molecule has 3 heterocycles. The fraction of sp³-hybridized carbons (Fsp3) is 0.786. The molecule has 0 spiro atoms. The molecule has 3 rings (SSSR count). The van der Waals surface area contributed by atoms with Crippen molar-refractivity contribution in [2.24, 2.45) is 0 Å². The third-order valence-corrected chi connectivity index (χ3v) is 4.51. The van der Waals surface area contributed by atoms with Gasteiger partial charge in [-0.1, -0.05) is 6.92 Å². The monoisotopic (exact) mass is 249 g/mol. The Morgan fingerprint density at radius 2 is 2.33 bits per heavy atom. The second-order valence-corrected chi connectivity index (χ2v) is 5.60. The normalized spacial score (nSPS) is 28.6. The molecule has 1 aromatic heterocycles. The van der Waals surface area contributed by atoms with E-state index in [0.717, 1.165) is 32.4 Å². The summed E-state index contributed by atoms with van der Waals surface area (Å²) in [4.78, 5) is 7.32. The van der Waals surface area contributed by atoms with Gasteiger partial charge < -0.3 is 14.6 Å². The number of likely N-dealkylation sites (N-methyl/N-ethyl adjacent to an activating group) is 1. The van der Waals surface area contributed by atoms with E-state index in [9.17, 15) is 5.11 Å². The van der Waals surface area contributed by atoms with Crippen molar-refractivity contribution in [3.63, 3.8) is 0 Å². The number of hydrogen-bond acceptors (Lipinski definition) is 3. The lowest BCUT2D eigenvalue weighted by molar-refractivity contribution is 0.206. The molecule has 18 heavy (non-hydrogen) atoms. The van der Waals surface area contributed by atoms with Crippen molar-refractivity contribution in [2.45, 2.75) is 44.6 Å². The number of aliphatic hydroxyl groups is 1. The van der Waals surface area contributed by atoms with E-state index in [1.165, 1.54) is 24.5 Å². The van der Waals surface area contributed by atoms with Crippen LogP contribution in [0.15, 0.2) is 6.20 Å². The molecule has 0 radical (unpaired) electrons. The predicted octanol–water partition coefficient (Wildman–Crippen LogP) is 1.56. The lowest BCUT2D eigenvalue weighted by Gasteiger charge is -2.22. The zero-order chi connectivity index (χ0) is 12.5. The van der Waals surface area contributed by atoms with E-state index >= 15 is 0 Å². The van der Waals surface area contributed by atoms with Crippen molar-refractivity contribution in [1.82, 2.24) is 14.5 Å². The summed E-state index contributed by atoms with van der Waals surface area (Å²) >= 11 is 0. The van der Waals surface area contributed by atoms with Crippen LogP contribution >= 0.6 is 0 Å². The van der Waals surface area contributed by atoms with Crippen molar-refractivity contribution in [1.29, 1.82) is 0 Å². The number of fused-ring (bicyclic) bond motifs is 1. The summed E-state index contributed by atoms with van der Waals surface area (Å²) < 4.78 is 2.23. The first-order valence-corrected chi connectivity index (χ1v) is 7.22. The lowest BCUT2D eigenvalue weighted by Crippen LogP contribution is -2.20. The minimum Gasteiger partial charge on any atom is -0.394 e. The van der Waals surface area contributed by atoms with Crippen LogP contribution in [0.5, 0.6) is 0 Å². The zero-order valence-electron chi connectivity index (χ0n) is 11.2. The van der Waals surface area contributed by atoms with Gasteiger partial charge >= 0.3 is 0 Å². The number of aryl methyl sites for hydroxylation is 1. The van der Waals surface area contributed by atoms with Crippen molar-refractivity contribution >= 4 is 0 Å². The highest BCUT2D eigenvalue weighted by Gasteiger charge is 2.28. The summed E-state index contributed by atoms with van der Waals surface area (Å²) in [6.07, 6.45) is 6.76. The first-order valence-electron chi connectivity index (χ1n) is 7.22. The van der Waals surface area contributed by atoms with Crippen molar-refractivity contribution in [2.75, 3.05) is 26.2 Å². The van der Waals surface area contributed by atoms with Crippen molar-refractivity contribution in [3.8, 4) is 0 Å². The minimum absolute atomic E-state index is 0.245. The summed E-state index contributed by atoms with van der Waals surface area (Å²) in [5, 5.41) is 9.44. The van der Waals surface area contributed by atoms with Gasteiger partial charge in [0.15, 0.2) is 0 Å². The molecule has 1 aromatic rings. The molecule has 2 aliphatic heterocycles. The Balaban J connectivity index is 1.80. The summed E-state index contributed by atoms with van der Waals surface area (Å²) in [5.41, 5.74) is 1.25. The predicted molar refractivity (Wildman–Crippen MR) is 70.8 cm³/mol. The van der Waals surface area contributed by atoms with Crippen LogP contribution in [0, 0.1) is 0 Å². The highest BCUT2D eigenvalue weighted by Crippen LogP contribution is 2.30. The molecule has 0 saturated carbocycles. The molecule has 0 aromatic carbocycles. The molecular formula is C14H23N3O.